The quantitative estimate of drug-likeness (QED) is 0.448. The lowest BCUT2D eigenvalue weighted by Crippen LogP contribution is -1.68. The number of rotatable bonds is 0. The summed E-state index contributed by atoms with van der Waals surface area (Å²) >= 11 is 1.66. The van der Waals surface area contributed by atoms with Crippen LogP contribution in [0.15, 0.2) is 46.3 Å². The van der Waals surface area contributed by atoms with Crippen molar-refractivity contribution in [1.29, 1.82) is 0 Å². The van der Waals surface area contributed by atoms with Gasteiger partial charge >= 0.3 is 0 Å². The first-order chi connectivity index (χ1) is 7.92. The molecule has 2 heterocycles. The Bertz CT molecular complexity index is 812. The summed E-state index contributed by atoms with van der Waals surface area (Å²) in [5, 5.41) is 2.35. The highest BCUT2D eigenvalue weighted by molar-refractivity contribution is 7.16. The highest BCUT2D eigenvalue weighted by Gasteiger charge is 2.08. The third kappa shape index (κ3) is 0.981. The fourth-order valence-corrected chi connectivity index (χ4v) is 2.77. The van der Waals surface area contributed by atoms with Crippen LogP contribution in [-0.4, -0.2) is 4.98 Å². The van der Waals surface area contributed by atoms with Crippen molar-refractivity contribution < 1.29 is 4.42 Å². The molecule has 0 fully saturated rings. The molecule has 2 nitrogen and oxygen atoms in total. The molecule has 0 saturated heterocycles. The monoisotopic (exact) mass is 225 g/mol. The van der Waals surface area contributed by atoms with Gasteiger partial charge in [-0.3, -0.25) is 0 Å². The molecule has 2 aromatic carbocycles. The molecule has 0 saturated carbocycles. The van der Waals surface area contributed by atoms with Gasteiger partial charge in [0, 0.05) is 16.8 Å². The van der Waals surface area contributed by atoms with Gasteiger partial charge in [0.15, 0.2) is 0 Å². The van der Waals surface area contributed by atoms with E-state index in [1.54, 1.807) is 11.3 Å². The van der Waals surface area contributed by atoms with Gasteiger partial charge in [-0.05, 0) is 12.1 Å². The first kappa shape index (κ1) is 8.30. The highest BCUT2D eigenvalue weighted by Crippen LogP contribution is 2.32. The molecule has 0 aliphatic rings. The summed E-state index contributed by atoms with van der Waals surface area (Å²) < 4.78 is 7.00. The van der Waals surface area contributed by atoms with E-state index in [1.165, 1.54) is 15.5 Å². The number of para-hydroxylation sites is 1. The second kappa shape index (κ2) is 2.83. The van der Waals surface area contributed by atoms with Crippen LogP contribution >= 0.6 is 11.3 Å². The van der Waals surface area contributed by atoms with E-state index in [0.29, 0.717) is 0 Å². The molecule has 0 radical (unpaired) electrons. The molecule has 0 bridgehead atoms. The van der Waals surface area contributed by atoms with Crippen molar-refractivity contribution in [3.8, 4) is 0 Å². The van der Waals surface area contributed by atoms with E-state index >= 15 is 0 Å². The molecule has 0 aliphatic carbocycles. The smallest absolute Gasteiger partial charge is 0.137 e. The second-order valence-corrected chi connectivity index (χ2v) is 4.65. The number of thiazole rings is 1. The lowest BCUT2D eigenvalue weighted by Gasteiger charge is -1.89. The van der Waals surface area contributed by atoms with E-state index in [1.807, 2.05) is 29.8 Å². The second-order valence-electron chi connectivity index (χ2n) is 3.77. The average Bonchev–Trinajstić information content (AvgIpc) is 2.88. The Labute approximate surface area is 95.1 Å². The zero-order valence-corrected chi connectivity index (χ0v) is 9.12. The number of hydrogen-bond donors (Lipinski definition) is 0. The normalized spacial score (nSPS) is 11.8. The van der Waals surface area contributed by atoms with Crippen LogP contribution in [0, 0.1) is 0 Å². The van der Waals surface area contributed by atoms with E-state index in [-0.39, 0.29) is 0 Å². The summed E-state index contributed by atoms with van der Waals surface area (Å²) in [6.45, 7) is 0. The molecular formula is C13H7NOS. The molecule has 0 N–H and O–H groups in total. The fraction of sp³-hybridized carbons (Fsp3) is 0. The van der Waals surface area contributed by atoms with Crippen LogP contribution in [0.3, 0.4) is 0 Å². The summed E-state index contributed by atoms with van der Waals surface area (Å²) in [5.74, 6) is 0. The van der Waals surface area contributed by atoms with Gasteiger partial charge < -0.3 is 4.42 Å². The van der Waals surface area contributed by atoms with Gasteiger partial charge in [-0.15, -0.1) is 11.3 Å². The molecule has 2 aromatic heterocycles. The maximum Gasteiger partial charge on any atom is 0.137 e. The van der Waals surface area contributed by atoms with Crippen LogP contribution < -0.4 is 0 Å². The summed E-state index contributed by atoms with van der Waals surface area (Å²) in [4.78, 5) is 4.30. The minimum absolute atomic E-state index is 0.916. The summed E-state index contributed by atoms with van der Waals surface area (Å²) in [7, 11) is 0. The molecule has 76 valence electrons. The molecular weight excluding hydrogens is 218 g/mol. The van der Waals surface area contributed by atoms with Crippen molar-refractivity contribution in [2.75, 3.05) is 0 Å². The van der Waals surface area contributed by atoms with Crippen LogP contribution in [0.4, 0.5) is 0 Å². The van der Waals surface area contributed by atoms with E-state index < -0.39 is 0 Å². The average molecular weight is 225 g/mol. The molecule has 3 heteroatoms. The Kier molecular flexibility index (Phi) is 1.47. The van der Waals surface area contributed by atoms with E-state index in [4.69, 9.17) is 4.42 Å². The number of furan rings is 1. The number of benzene rings is 2. The van der Waals surface area contributed by atoms with Gasteiger partial charge in [-0.2, -0.15) is 0 Å². The molecule has 0 amide bonds. The van der Waals surface area contributed by atoms with Crippen molar-refractivity contribution in [3.63, 3.8) is 0 Å². The molecule has 4 rings (SSSR count). The largest absolute Gasteiger partial charge is 0.456 e. The Balaban J connectivity index is 2.32. The zero-order chi connectivity index (χ0) is 10.5. The number of fused-ring (bicyclic) bond motifs is 4. The Morgan fingerprint density at radius 1 is 1.00 bits per heavy atom. The van der Waals surface area contributed by atoms with Crippen LogP contribution in [0.5, 0.6) is 0 Å². The molecule has 0 atom stereocenters. The Hall–Kier alpha value is -1.87. The van der Waals surface area contributed by atoms with Crippen molar-refractivity contribution in [2.45, 2.75) is 0 Å². The number of hydrogen-bond acceptors (Lipinski definition) is 3. The van der Waals surface area contributed by atoms with Crippen LogP contribution in [0.1, 0.15) is 0 Å². The summed E-state index contributed by atoms with van der Waals surface area (Å²) in [5.41, 5.74) is 4.73. The van der Waals surface area contributed by atoms with Crippen molar-refractivity contribution in [1.82, 2.24) is 4.98 Å². The van der Waals surface area contributed by atoms with Crippen molar-refractivity contribution in [2.24, 2.45) is 0 Å². The van der Waals surface area contributed by atoms with Crippen LogP contribution in [0.25, 0.3) is 32.2 Å². The van der Waals surface area contributed by atoms with Gasteiger partial charge in [0.05, 0.1) is 15.7 Å². The third-order valence-corrected chi connectivity index (χ3v) is 3.62. The number of aromatic nitrogens is 1. The first-order valence-corrected chi connectivity index (χ1v) is 5.94. The maximum atomic E-state index is 5.79. The molecule has 0 spiro atoms. The SMILES string of the molecule is c1ccc2c(c1)oc1cc3ncsc3cc12. The van der Waals surface area contributed by atoms with E-state index in [2.05, 4.69) is 17.1 Å². The van der Waals surface area contributed by atoms with Gasteiger partial charge in [0.25, 0.3) is 0 Å². The summed E-state index contributed by atoms with van der Waals surface area (Å²) in [6, 6.07) is 12.3. The van der Waals surface area contributed by atoms with Crippen LogP contribution in [-0.2, 0) is 0 Å². The zero-order valence-electron chi connectivity index (χ0n) is 8.31. The fourth-order valence-electron chi connectivity index (χ4n) is 2.08. The van der Waals surface area contributed by atoms with Crippen molar-refractivity contribution >= 4 is 43.5 Å². The van der Waals surface area contributed by atoms with E-state index in [9.17, 15) is 0 Å². The predicted molar refractivity (Wildman–Crippen MR) is 66.9 cm³/mol. The lowest BCUT2D eigenvalue weighted by atomic mass is 10.1. The minimum atomic E-state index is 0.916. The van der Waals surface area contributed by atoms with Gasteiger partial charge in [0.1, 0.15) is 11.2 Å². The van der Waals surface area contributed by atoms with Gasteiger partial charge in [0.2, 0.25) is 0 Å². The van der Waals surface area contributed by atoms with E-state index in [0.717, 1.165) is 16.7 Å². The molecule has 0 aliphatic heterocycles. The Morgan fingerprint density at radius 3 is 2.94 bits per heavy atom. The third-order valence-electron chi connectivity index (χ3n) is 2.83. The number of nitrogens with zero attached hydrogens (tertiary/aromatic N) is 1. The molecule has 4 aromatic rings. The predicted octanol–water partition coefficient (Wildman–Crippen LogP) is 4.20. The van der Waals surface area contributed by atoms with Gasteiger partial charge in [-0.1, -0.05) is 18.2 Å². The first-order valence-electron chi connectivity index (χ1n) is 5.06. The highest BCUT2D eigenvalue weighted by atomic mass is 32.1. The standard InChI is InChI=1S/C13H7NOS/c1-2-4-11-8(3-1)9-5-13-10(14-7-16-13)6-12(9)15-11/h1-7H. The van der Waals surface area contributed by atoms with Gasteiger partial charge in [-0.25, -0.2) is 4.98 Å². The minimum Gasteiger partial charge on any atom is -0.456 e. The lowest BCUT2D eigenvalue weighted by molar-refractivity contribution is 0.669. The molecule has 0 unspecified atom stereocenters. The van der Waals surface area contributed by atoms with Crippen molar-refractivity contribution in [3.05, 3.63) is 41.9 Å². The molecule has 16 heavy (non-hydrogen) atoms. The summed E-state index contributed by atoms with van der Waals surface area (Å²) in [6.07, 6.45) is 0. The Morgan fingerprint density at radius 2 is 1.94 bits per heavy atom. The maximum absolute atomic E-state index is 5.79. The van der Waals surface area contributed by atoms with Crippen LogP contribution in [0.2, 0.25) is 0 Å². The topological polar surface area (TPSA) is 26.0 Å².